The van der Waals surface area contributed by atoms with Crippen LogP contribution in [0.15, 0.2) is 0 Å². The van der Waals surface area contributed by atoms with Gasteiger partial charge < -0.3 is 9.80 Å². The highest BCUT2D eigenvalue weighted by Gasteiger charge is 2.27. The summed E-state index contributed by atoms with van der Waals surface area (Å²) in [5, 5.41) is 0. The quantitative estimate of drug-likeness (QED) is 0.659. The zero-order chi connectivity index (χ0) is 12.3. The first kappa shape index (κ1) is 13.2. The molecule has 0 radical (unpaired) electrons. The Bertz CT molecular complexity index is 353. The van der Waals surface area contributed by atoms with Crippen LogP contribution in [-0.2, 0) is 14.3 Å². The first-order valence-electron chi connectivity index (χ1n) is 5.10. The minimum absolute atomic E-state index is 0.0399. The lowest BCUT2D eigenvalue weighted by Gasteiger charge is -2.21. The Morgan fingerprint density at radius 2 is 2.12 bits per heavy atom. The lowest BCUT2D eigenvalue weighted by molar-refractivity contribution is 0.177. The van der Waals surface area contributed by atoms with Gasteiger partial charge >= 0.3 is 6.03 Å². The average Bonchev–Trinajstić information content (AvgIpc) is 2.60. The van der Waals surface area contributed by atoms with Crippen LogP contribution in [0.2, 0.25) is 0 Å². The van der Waals surface area contributed by atoms with E-state index in [4.69, 9.17) is 4.18 Å². The van der Waals surface area contributed by atoms with Gasteiger partial charge in [0, 0.05) is 33.1 Å². The predicted molar refractivity (Wildman–Crippen MR) is 59.6 cm³/mol. The zero-order valence-electron chi connectivity index (χ0n) is 9.84. The Balaban J connectivity index is 2.38. The minimum Gasteiger partial charge on any atom is -0.331 e. The largest absolute Gasteiger partial charge is 0.331 e. The first-order valence-corrected chi connectivity index (χ1v) is 6.92. The molecule has 0 spiro atoms. The average molecular weight is 250 g/mol. The number of likely N-dealkylation sites (tertiary alicyclic amines) is 1. The fourth-order valence-corrected chi connectivity index (χ4v) is 2.08. The lowest BCUT2D eigenvalue weighted by atomic mass is 10.1. The van der Waals surface area contributed by atoms with Crippen molar-refractivity contribution < 1.29 is 17.4 Å². The van der Waals surface area contributed by atoms with Crippen LogP contribution in [0.3, 0.4) is 0 Å². The molecule has 1 fully saturated rings. The smallest absolute Gasteiger partial charge is 0.319 e. The van der Waals surface area contributed by atoms with Gasteiger partial charge in [-0.3, -0.25) is 4.18 Å². The highest BCUT2D eigenvalue weighted by atomic mass is 32.2. The molecule has 94 valence electrons. The molecule has 2 amide bonds. The standard InChI is InChI=1S/C9H18N2O4S/c1-10(2)9(12)11-5-4-8(6-11)7-15-16(3,13)14/h8H,4-7H2,1-3H3. The molecule has 0 aromatic carbocycles. The molecule has 1 unspecified atom stereocenters. The summed E-state index contributed by atoms with van der Waals surface area (Å²) in [6.45, 7) is 1.39. The van der Waals surface area contributed by atoms with Crippen LogP contribution in [0, 0.1) is 5.92 Å². The van der Waals surface area contributed by atoms with E-state index < -0.39 is 10.1 Å². The molecular weight excluding hydrogens is 232 g/mol. The van der Waals surface area contributed by atoms with Crippen molar-refractivity contribution in [3.8, 4) is 0 Å². The zero-order valence-corrected chi connectivity index (χ0v) is 10.7. The molecule has 0 saturated carbocycles. The van der Waals surface area contributed by atoms with Crippen molar-refractivity contribution in [1.29, 1.82) is 0 Å². The normalized spacial score (nSPS) is 21.2. The molecule has 0 bridgehead atoms. The summed E-state index contributed by atoms with van der Waals surface area (Å²) in [6, 6.07) is -0.0399. The summed E-state index contributed by atoms with van der Waals surface area (Å²) in [6.07, 6.45) is 1.82. The van der Waals surface area contributed by atoms with E-state index in [0.29, 0.717) is 13.1 Å². The number of nitrogens with zero attached hydrogens (tertiary/aromatic N) is 2. The minimum atomic E-state index is -3.38. The second kappa shape index (κ2) is 5.01. The second-order valence-electron chi connectivity index (χ2n) is 4.27. The molecule has 6 nitrogen and oxygen atoms in total. The van der Waals surface area contributed by atoms with E-state index in [9.17, 15) is 13.2 Å². The molecule has 0 N–H and O–H groups in total. The van der Waals surface area contributed by atoms with Gasteiger partial charge in [0.25, 0.3) is 10.1 Å². The summed E-state index contributed by atoms with van der Waals surface area (Å²) in [5.41, 5.74) is 0. The number of rotatable bonds is 3. The molecule has 1 aliphatic heterocycles. The van der Waals surface area contributed by atoms with E-state index >= 15 is 0 Å². The van der Waals surface area contributed by atoms with E-state index in [0.717, 1.165) is 12.7 Å². The van der Waals surface area contributed by atoms with Gasteiger partial charge in [-0.1, -0.05) is 0 Å². The third kappa shape index (κ3) is 3.97. The Labute approximate surface area is 96.3 Å². The molecule has 7 heteroatoms. The fraction of sp³-hybridized carbons (Fsp3) is 0.889. The monoisotopic (exact) mass is 250 g/mol. The number of urea groups is 1. The van der Waals surface area contributed by atoms with Crippen molar-refractivity contribution in [3.63, 3.8) is 0 Å². The van der Waals surface area contributed by atoms with Crippen LogP contribution in [-0.4, -0.2) is 64.3 Å². The maximum Gasteiger partial charge on any atom is 0.319 e. The predicted octanol–water partition coefficient (Wildman–Crippen LogP) is -0.0339. The Morgan fingerprint density at radius 1 is 1.50 bits per heavy atom. The molecule has 1 atom stereocenters. The van der Waals surface area contributed by atoms with Crippen molar-refractivity contribution in [2.75, 3.05) is 40.0 Å². The maximum atomic E-state index is 11.6. The summed E-state index contributed by atoms with van der Waals surface area (Å²) >= 11 is 0. The van der Waals surface area contributed by atoms with Crippen LogP contribution in [0.1, 0.15) is 6.42 Å². The second-order valence-corrected chi connectivity index (χ2v) is 5.91. The van der Waals surface area contributed by atoms with E-state index in [-0.39, 0.29) is 18.6 Å². The highest BCUT2D eigenvalue weighted by molar-refractivity contribution is 7.85. The van der Waals surface area contributed by atoms with Crippen molar-refractivity contribution in [3.05, 3.63) is 0 Å². The van der Waals surface area contributed by atoms with Crippen LogP contribution < -0.4 is 0 Å². The Hall–Kier alpha value is -0.820. The van der Waals surface area contributed by atoms with E-state index in [2.05, 4.69) is 0 Å². The van der Waals surface area contributed by atoms with Gasteiger partial charge in [0.1, 0.15) is 0 Å². The van der Waals surface area contributed by atoms with Crippen LogP contribution >= 0.6 is 0 Å². The van der Waals surface area contributed by atoms with E-state index in [1.165, 1.54) is 4.90 Å². The molecule has 1 rings (SSSR count). The Kier molecular flexibility index (Phi) is 4.15. The molecule has 1 aliphatic rings. The van der Waals surface area contributed by atoms with Gasteiger partial charge in [-0.05, 0) is 6.42 Å². The van der Waals surface area contributed by atoms with Gasteiger partial charge in [-0.2, -0.15) is 8.42 Å². The van der Waals surface area contributed by atoms with Crippen LogP contribution in [0.5, 0.6) is 0 Å². The van der Waals surface area contributed by atoms with Crippen molar-refractivity contribution in [2.24, 2.45) is 5.92 Å². The number of carbonyl (C=O) groups is 1. The van der Waals surface area contributed by atoms with Gasteiger partial charge in [-0.25, -0.2) is 4.79 Å². The number of hydrogen-bond acceptors (Lipinski definition) is 4. The molecule has 1 saturated heterocycles. The number of carbonyl (C=O) groups excluding carboxylic acids is 1. The molecule has 0 aromatic rings. The van der Waals surface area contributed by atoms with Gasteiger partial charge in [0.2, 0.25) is 0 Å². The molecule has 0 aliphatic carbocycles. The molecule has 16 heavy (non-hydrogen) atoms. The van der Waals surface area contributed by atoms with Crippen molar-refractivity contribution >= 4 is 16.1 Å². The first-order chi connectivity index (χ1) is 7.29. The molecule has 1 heterocycles. The number of amides is 2. The van der Waals surface area contributed by atoms with Crippen molar-refractivity contribution in [1.82, 2.24) is 9.80 Å². The van der Waals surface area contributed by atoms with Crippen LogP contribution in [0.25, 0.3) is 0 Å². The molecular formula is C9H18N2O4S. The van der Waals surface area contributed by atoms with E-state index in [1.807, 2.05) is 0 Å². The third-order valence-corrected chi connectivity index (χ3v) is 3.02. The van der Waals surface area contributed by atoms with Gasteiger partial charge in [-0.15, -0.1) is 0 Å². The highest BCUT2D eigenvalue weighted by Crippen LogP contribution is 2.17. The van der Waals surface area contributed by atoms with Crippen LogP contribution in [0.4, 0.5) is 4.79 Å². The summed E-state index contributed by atoms with van der Waals surface area (Å²) < 4.78 is 26.3. The number of hydrogen-bond donors (Lipinski definition) is 0. The van der Waals surface area contributed by atoms with E-state index in [1.54, 1.807) is 19.0 Å². The molecule has 0 aromatic heterocycles. The third-order valence-electron chi connectivity index (χ3n) is 2.46. The fourth-order valence-electron chi connectivity index (χ4n) is 1.65. The summed E-state index contributed by atoms with van der Waals surface area (Å²) in [5.74, 6) is 0.110. The van der Waals surface area contributed by atoms with Gasteiger partial charge in [0.05, 0.1) is 12.9 Å². The summed E-state index contributed by atoms with van der Waals surface area (Å²) in [4.78, 5) is 14.8. The van der Waals surface area contributed by atoms with Crippen molar-refractivity contribution in [2.45, 2.75) is 6.42 Å². The Morgan fingerprint density at radius 3 is 2.62 bits per heavy atom. The summed E-state index contributed by atoms with van der Waals surface area (Å²) in [7, 11) is 0.0147. The topological polar surface area (TPSA) is 66.9 Å². The maximum absolute atomic E-state index is 11.6. The lowest BCUT2D eigenvalue weighted by Crippen LogP contribution is -2.37. The SMILES string of the molecule is CN(C)C(=O)N1CCC(COS(C)(=O)=O)C1. The van der Waals surface area contributed by atoms with Gasteiger partial charge in [0.15, 0.2) is 0 Å².